The molecule has 0 spiro atoms. The third-order valence-electron chi connectivity index (χ3n) is 1.94. The van der Waals surface area contributed by atoms with Crippen molar-refractivity contribution in [2.75, 3.05) is 0 Å². The van der Waals surface area contributed by atoms with Gasteiger partial charge in [-0.3, -0.25) is 0 Å². The second-order valence-electron chi connectivity index (χ2n) is 2.97. The average Bonchev–Trinajstić information content (AvgIpc) is 2.87. The molecule has 0 aromatic carbocycles. The van der Waals surface area contributed by atoms with E-state index in [1.807, 2.05) is 6.07 Å². The molecule has 5 heteroatoms. The van der Waals surface area contributed by atoms with Crippen LogP contribution in [-0.2, 0) is 6.54 Å². The molecule has 4 nitrogen and oxygen atoms in total. The van der Waals surface area contributed by atoms with Gasteiger partial charge in [0.2, 0.25) is 6.39 Å². The molecule has 0 fully saturated rings. The Bertz CT molecular complexity index is 357. The van der Waals surface area contributed by atoms with Crippen LogP contribution in [0.2, 0.25) is 0 Å². The highest BCUT2D eigenvalue weighted by Gasteiger charge is 2.06. The Hall–Kier alpha value is -1.20. The maximum atomic E-state index is 4.64. The lowest BCUT2D eigenvalue weighted by atomic mass is 10.3. The first-order valence-corrected chi connectivity index (χ1v) is 5.26. The van der Waals surface area contributed by atoms with Crippen LogP contribution in [0.25, 0.3) is 0 Å². The smallest absolute Gasteiger partial charge is 0.213 e. The molecule has 0 aliphatic carbocycles. The topological polar surface area (TPSA) is 51.0 Å². The van der Waals surface area contributed by atoms with E-state index in [2.05, 4.69) is 38.4 Å². The third kappa shape index (κ3) is 2.18. The van der Waals surface area contributed by atoms with Crippen LogP contribution in [-0.4, -0.2) is 10.1 Å². The lowest BCUT2D eigenvalue weighted by Crippen LogP contribution is -2.17. The normalized spacial score (nSPS) is 12.9. The Balaban J connectivity index is 1.87. The zero-order chi connectivity index (χ0) is 9.80. The standard InChI is InChI=1S/C9H11N3OS/c1-7(8-3-2-4-14-8)10-5-9-11-6-13-12-9/h2-4,6-7,10H,5H2,1H3. The molecule has 2 aromatic heterocycles. The number of nitrogens with zero attached hydrogens (tertiary/aromatic N) is 2. The molecule has 14 heavy (non-hydrogen) atoms. The van der Waals surface area contributed by atoms with Crippen LogP contribution in [0.4, 0.5) is 0 Å². The van der Waals surface area contributed by atoms with Crippen LogP contribution in [0.15, 0.2) is 28.4 Å². The molecule has 2 rings (SSSR count). The zero-order valence-corrected chi connectivity index (χ0v) is 8.62. The summed E-state index contributed by atoms with van der Waals surface area (Å²) in [5, 5.41) is 9.11. The van der Waals surface area contributed by atoms with Gasteiger partial charge in [-0.2, -0.15) is 4.98 Å². The second-order valence-corrected chi connectivity index (χ2v) is 3.94. The molecule has 2 aromatic rings. The van der Waals surface area contributed by atoms with Crippen LogP contribution >= 0.6 is 11.3 Å². The van der Waals surface area contributed by atoms with Crippen molar-refractivity contribution in [3.05, 3.63) is 34.6 Å². The SMILES string of the molecule is CC(NCc1ncon1)c1cccs1. The predicted octanol–water partition coefficient (Wildman–Crippen LogP) is 1.98. The predicted molar refractivity (Wildman–Crippen MR) is 53.9 cm³/mol. The number of hydrogen-bond donors (Lipinski definition) is 1. The van der Waals surface area contributed by atoms with Crippen molar-refractivity contribution in [3.63, 3.8) is 0 Å². The lowest BCUT2D eigenvalue weighted by molar-refractivity contribution is 0.405. The lowest BCUT2D eigenvalue weighted by Gasteiger charge is -2.09. The van der Waals surface area contributed by atoms with Crippen LogP contribution in [0.3, 0.4) is 0 Å². The van der Waals surface area contributed by atoms with Crippen molar-refractivity contribution >= 4 is 11.3 Å². The molecule has 0 saturated carbocycles. The molecule has 74 valence electrons. The minimum atomic E-state index is 0.327. The van der Waals surface area contributed by atoms with Gasteiger partial charge in [-0.1, -0.05) is 11.2 Å². The quantitative estimate of drug-likeness (QED) is 0.836. The van der Waals surface area contributed by atoms with E-state index in [0.29, 0.717) is 18.4 Å². The average molecular weight is 209 g/mol. The molecule has 1 unspecified atom stereocenters. The van der Waals surface area contributed by atoms with Gasteiger partial charge in [0.15, 0.2) is 5.82 Å². The molecule has 2 heterocycles. The van der Waals surface area contributed by atoms with Crippen molar-refractivity contribution in [1.82, 2.24) is 15.5 Å². The summed E-state index contributed by atoms with van der Waals surface area (Å²) in [5.41, 5.74) is 0. The molecule has 1 N–H and O–H groups in total. The number of nitrogens with one attached hydrogen (secondary N) is 1. The number of thiophene rings is 1. The number of hydrogen-bond acceptors (Lipinski definition) is 5. The summed E-state index contributed by atoms with van der Waals surface area (Å²) < 4.78 is 4.64. The van der Waals surface area contributed by atoms with Crippen LogP contribution in [0.5, 0.6) is 0 Å². The molecule has 0 radical (unpaired) electrons. The molecule has 1 atom stereocenters. The fraction of sp³-hybridized carbons (Fsp3) is 0.333. The van der Waals surface area contributed by atoms with Crippen molar-refractivity contribution in [1.29, 1.82) is 0 Å². The monoisotopic (exact) mass is 209 g/mol. The molecule has 0 aliphatic heterocycles. The Morgan fingerprint density at radius 1 is 1.64 bits per heavy atom. The largest absolute Gasteiger partial charge is 0.343 e. The van der Waals surface area contributed by atoms with Crippen molar-refractivity contribution in [2.45, 2.75) is 19.5 Å². The van der Waals surface area contributed by atoms with E-state index in [1.54, 1.807) is 11.3 Å². The summed E-state index contributed by atoms with van der Waals surface area (Å²) in [5.74, 6) is 0.688. The maximum Gasteiger partial charge on any atom is 0.213 e. The molecule has 0 aliphatic rings. The molecule has 0 amide bonds. The van der Waals surface area contributed by atoms with Crippen LogP contribution in [0.1, 0.15) is 23.7 Å². The Kier molecular flexibility index (Phi) is 2.90. The third-order valence-corrected chi connectivity index (χ3v) is 3.00. The van der Waals surface area contributed by atoms with Gasteiger partial charge in [0.1, 0.15) is 0 Å². The van der Waals surface area contributed by atoms with Gasteiger partial charge in [-0.25, -0.2) is 0 Å². The summed E-state index contributed by atoms with van der Waals surface area (Å²) in [6.07, 6.45) is 1.34. The van der Waals surface area contributed by atoms with Crippen LogP contribution < -0.4 is 5.32 Å². The van der Waals surface area contributed by atoms with Gasteiger partial charge in [0, 0.05) is 10.9 Å². The van der Waals surface area contributed by atoms with Gasteiger partial charge < -0.3 is 9.84 Å². The Morgan fingerprint density at radius 3 is 3.21 bits per heavy atom. The highest BCUT2D eigenvalue weighted by atomic mass is 32.1. The minimum absolute atomic E-state index is 0.327. The molecular weight excluding hydrogens is 198 g/mol. The van der Waals surface area contributed by atoms with Gasteiger partial charge in [0.25, 0.3) is 0 Å². The summed E-state index contributed by atoms with van der Waals surface area (Å²) in [6, 6.07) is 4.49. The minimum Gasteiger partial charge on any atom is -0.343 e. The highest BCUT2D eigenvalue weighted by molar-refractivity contribution is 7.10. The van der Waals surface area contributed by atoms with E-state index >= 15 is 0 Å². The van der Waals surface area contributed by atoms with E-state index in [-0.39, 0.29) is 0 Å². The number of aromatic nitrogens is 2. The highest BCUT2D eigenvalue weighted by Crippen LogP contribution is 2.18. The van der Waals surface area contributed by atoms with Crippen molar-refractivity contribution in [3.8, 4) is 0 Å². The first kappa shape index (κ1) is 9.36. The summed E-state index contributed by atoms with van der Waals surface area (Å²) >= 11 is 1.74. The van der Waals surface area contributed by atoms with E-state index < -0.39 is 0 Å². The fourth-order valence-corrected chi connectivity index (χ4v) is 1.91. The fourth-order valence-electron chi connectivity index (χ4n) is 1.15. The van der Waals surface area contributed by atoms with E-state index in [0.717, 1.165) is 0 Å². The number of rotatable bonds is 4. The molecular formula is C9H11N3OS. The van der Waals surface area contributed by atoms with E-state index in [9.17, 15) is 0 Å². The summed E-state index contributed by atoms with van der Waals surface area (Å²) in [4.78, 5) is 5.25. The molecule has 0 saturated heterocycles. The van der Waals surface area contributed by atoms with E-state index in [1.165, 1.54) is 11.3 Å². The maximum absolute atomic E-state index is 4.64. The second kappa shape index (κ2) is 4.34. The first-order chi connectivity index (χ1) is 6.86. The van der Waals surface area contributed by atoms with Gasteiger partial charge in [-0.15, -0.1) is 11.3 Å². The van der Waals surface area contributed by atoms with Crippen molar-refractivity contribution < 1.29 is 4.52 Å². The summed E-state index contributed by atoms with van der Waals surface area (Å²) in [7, 11) is 0. The molecule has 0 bridgehead atoms. The Labute approximate surface area is 86.0 Å². The van der Waals surface area contributed by atoms with Gasteiger partial charge in [0.05, 0.1) is 6.54 Å². The van der Waals surface area contributed by atoms with Gasteiger partial charge in [-0.05, 0) is 18.4 Å². The first-order valence-electron chi connectivity index (χ1n) is 4.38. The summed E-state index contributed by atoms with van der Waals surface area (Å²) in [6.45, 7) is 2.75. The van der Waals surface area contributed by atoms with E-state index in [4.69, 9.17) is 0 Å². The van der Waals surface area contributed by atoms with Gasteiger partial charge >= 0.3 is 0 Å². The zero-order valence-electron chi connectivity index (χ0n) is 7.80. The van der Waals surface area contributed by atoms with Crippen molar-refractivity contribution in [2.24, 2.45) is 0 Å². The Morgan fingerprint density at radius 2 is 2.57 bits per heavy atom. The van der Waals surface area contributed by atoms with Crippen LogP contribution in [0, 0.1) is 0 Å².